The van der Waals surface area contributed by atoms with Crippen LogP contribution in [0.3, 0.4) is 0 Å². The molecule has 1 saturated heterocycles. The third-order valence-corrected chi connectivity index (χ3v) is 4.45. The molecule has 0 spiro atoms. The van der Waals surface area contributed by atoms with E-state index >= 15 is 0 Å². The van der Waals surface area contributed by atoms with Crippen molar-refractivity contribution in [3.05, 3.63) is 40.9 Å². The predicted molar refractivity (Wildman–Crippen MR) is 90.5 cm³/mol. The van der Waals surface area contributed by atoms with Gasteiger partial charge >= 0.3 is 0 Å². The highest BCUT2D eigenvalue weighted by molar-refractivity contribution is 6.30. The van der Waals surface area contributed by atoms with Gasteiger partial charge in [-0.25, -0.2) is 0 Å². The van der Waals surface area contributed by atoms with Crippen molar-refractivity contribution in [2.45, 2.75) is 13.5 Å². The SMILES string of the molecule is CC[NH+]1CCN(c2oc(COc3ccc(Cl)cc3)nc2C#N)CC1. The van der Waals surface area contributed by atoms with E-state index in [0.717, 1.165) is 32.7 Å². The van der Waals surface area contributed by atoms with Gasteiger partial charge in [-0.05, 0) is 31.2 Å². The lowest BCUT2D eigenvalue weighted by atomic mass is 10.3. The van der Waals surface area contributed by atoms with E-state index in [0.29, 0.717) is 28.2 Å². The van der Waals surface area contributed by atoms with E-state index in [-0.39, 0.29) is 6.61 Å². The highest BCUT2D eigenvalue weighted by Gasteiger charge is 2.25. The molecule has 1 aliphatic heterocycles. The smallest absolute Gasteiger partial charge is 0.236 e. The maximum atomic E-state index is 9.32. The number of oxazole rings is 1. The number of halogens is 1. The van der Waals surface area contributed by atoms with Crippen LogP contribution in [0.4, 0.5) is 5.88 Å². The van der Waals surface area contributed by atoms with Crippen molar-refractivity contribution < 1.29 is 14.1 Å². The van der Waals surface area contributed by atoms with Gasteiger partial charge in [0.2, 0.25) is 17.5 Å². The molecule has 0 radical (unpaired) electrons. The molecule has 1 aliphatic rings. The van der Waals surface area contributed by atoms with E-state index in [1.165, 1.54) is 0 Å². The van der Waals surface area contributed by atoms with E-state index in [1.54, 1.807) is 29.2 Å². The number of nitrogens with one attached hydrogen (secondary N) is 1. The maximum Gasteiger partial charge on any atom is 0.236 e. The Kier molecular flexibility index (Phi) is 5.24. The summed E-state index contributed by atoms with van der Waals surface area (Å²) in [7, 11) is 0. The van der Waals surface area contributed by atoms with Crippen LogP contribution in [0, 0.1) is 11.3 Å². The van der Waals surface area contributed by atoms with Gasteiger partial charge in [0.1, 0.15) is 11.8 Å². The van der Waals surface area contributed by atoms with Crippen molar-refractivity contribution >= 4 is 17.5 Å². The second kappa shape index (κ2) is 7.56. The number of ether oxygens (including phenoxy) is 1. The lowest BCUT2D eigenvalue weighted by molar-refractivity contribution is -0.898. The van der Waals surface area contributed by atoms with Crippen molar-refractivity contribution in [3.8, 4) is 11.8 Å². The van der Waals surface area contributed by atoms with Crippen molar-refractivity contribution in [1.82, 2.24) is 4.98 Å². The summed E-state index contributed by atoms with van der Waals surface area (Å²) in [6.07, 6.45) is 0. The van der Waals surface area contributed by atoms with Gasteiger partial charge in [0.15, 0.2) is 6.61 Å². The third-order valence-electron chi connectivity index (χ3n) is 4.19. The first-order valence-corrected chi connectivity index (χ1v) is 8.44. The van der Waals surface area contributed by atoms with E-state index in [4.69, 9.17) is 20.8 Å². The van der Waals surface area contributed by atoms with Crippen LogP contribution in [0.1, 0.15) is 18.5 Å². The zero-order valence-corrected chi connectivity index (χ0v) is 14.3. The summed E-state index contributed by atoms with van der Waals surface area (Å²) >= 11 is 5.85. The number of hydrogen-bond donors (Lipinski definition) is 1. The molecule has 6 nitrogen and oxygen atoms in total. The van der Waals surface area contributed by atoms with Crippen LogP contribution in [0.2, 0.25) is 5.02 Å². The zero-order chi connectivity index (χ0) is 16.9. The van der Waals surface area contributed by atoms with Gasteiger partial charge in [-0.2, -0.15) is 10.2 Å². The minimum absolute atomic E-state index is 0.177. The maximum absolute atomic E-state index is 9.32. The Labute approximate surface area is 146 Å². The van der Waals surface area contributed by atoms with Crippen LogP contribution in [-0.2, 0) is 6.61 Å². The number of piperazine rings is 1. The quantitative estimate of drug-likeness (QED) is 0.888. The average molecular weight is 348 g/mol. The fourth-order valence-electron chi connectivity index (χ4n) is 2.76. The molecule has 0 atom stereocenters. The molecule has 1 fully saturated rings. The molecular weight excluding hydrogens is 328 g/mol. The van der Waals surface area contributed by atoms with Crippen molar-refractivity contribution in [2.75, 3.05) is 37.6 Å². The molecule has 0 unspecified atom stereocenters. The Morgan fingerprint density at radius 1 is 1.33 bits per heavy atom. The lowest BCUT2D eigenvalue weighted by Gasteiger charge is -2.31. The summed E-state index contributed by atoms with van der Waals surface area (Å²) in [5.74, 6) is 1.64. The fraction of sp³-hybridized carbons (Fsp3) is 0.412. The van der Waals surface area contributed by atoms with Crippen LogP contribution in [0.25, 0.3) is 0 Å². The minimum Gasteiger partial charge on any atom is -0.484 e. The third kappa shape index (κ3) is 3.81. The number of aromatic nitrogens is 1. The highest BCUT2D eigenvalue weighted by Crippen LogP contribution is 2.23. The number of rotatable bonds is 5. The summed E-state index contributed by atoms with van der Waals surface area (Å²) in [4.78, 5) is 7.91. The molecule has 0 aliphatic carbocycles. The Balaban J connectivity index is 1.66. The molecule has 2 heterocycles. The lowest BCUT2D eigenvalue weighted by Crippen LogP contribution is -3.14. The number of quaternary nitrogens is 1. The van der Waals surface area contributed by atoms with Crippen molar-refractivity contribution in [2.24, 2.45) is 0 Å². The molecule has 1 aromatic carbocycles. The van der Waals surface area contributed by atoms with E-state index in [9.17, 15) is 5.26 Å². The largest absolute Gasteiger partial charge is 0.484 e. The number of nitriles is 1. The highest BCUT2D eigenvalue weighted by atomic mass is 35.5. The second-order valence-electron chi connectivity index (χ2n) is 5.71. The Morgan fingerprint density at radius 2 is 2.04 bits per heavy atom. The average Bonchev–Trinajstić information content (AvgIpc) is 3.04. The number of likely N-dealkylation sites (N-methyl/N-ethyl adjacent to an activating group) is 1. The Bertz CT molecular complexity index is 715. The summed E-state index contributed by atoms with van der Waals surface area (Å²) in [5, 5.41) is 9.97. The molecule has 0 amide bonds. The Hall–Kier alpha value is -2.23. The van der Waals surface area contributed by atoms with Gasteiger partial charge in [0.25, 0.3) is 0 Å². The molecule has 1 aromatic heterocycles. The molecule has 126 valence electrons. The first-order valence-electron chi connectivity index (χ1n) is 8.06. The van der Waals surface area contributed by atoms with E-state index < -0.39 is 0 Å². The van der Waals surface area contributed by atoms with Crippen LogP contribution in [0.15, 0.2) is 28.7 Å². The van der Waals surface area contributed by atoms with Gasteiger partial charge in [0.05, 0.1) is 32.7 Å². The molecule has 1 N–H and O–H groups in total. The van der Waals surface area contributed by atoms with E-state index in [1.807, 2.05) is 0 Å². The molecular formula is C17H20ClN4O2+. The van der Waals surface area contributed by atoms with Crippen LogP contribution >= 0.6 is 11.6 Å². The van der Waals surface area contributed by atoms with Crippen LogP contribution in [0.5, 0.6) is 5.75 Å². The van der Waals surface area contributed by atoms with E-state index in [2.05, 4.69) is 22.9 Å². The van der Waals surface area contributed by atoms with Gasteiger partial charge in [-0.3, -0.25) is 0 Å². The van der Waals surface area contributed by atoms with Gasteiger partial charge in [-0.15, -0.1) is 0 Å². The van der Waals surface area contributed by atoms with Gasteiger partial charge in [0, 0.05) is 5.02 Å². The predicted octanol–water partition coefficient (Wildman–Crippen LogP) is 1.50. The molecule has 24 heavy (non-hydrogen) atoms. The summed E-state index contributed by atoms with van der Waals surface area (Å²) < 4.78 is 11.4. The number of anilines is 1. The monoisotopic (exact) mass is 347 g/mol. The topological polar surface area (TPSA) is 66.7 Å². The minimum atomic E-state index is 0.177. The normalized spacial score (nSPS) is 15.3. The summed E-state index contributed by atoms with van der Waals surface area (Å²) in [6, 6.07) is 9.20. The standard InChI is InChI=1S/C17H19ClN4O2/c1-2-21-7-9-22(10-8-21)17-15(11-19)20-16(24-17)12-23-14-5-3-13(18)4-6-14/h3-6H,2,7-10,12H2,1H3/p+1. The Morgan fingerprint density at radius 3 is 2.67 bits per heavy atom. The molecule has 0 saturated carbocycles. The van der Waals surface area contributed by atoms with Crippen molar-refractivity contribution in [1.29, 1.82) is 5.26 Å². The van der Waals surface area contributed by atoms with Crippen LogP contribution < -0.4 is 14.5 Å². The summed E-state index contributed by atoms with van der Waals surface area (Å²) in [6.45, 7) is 7.30. The molecule has 2 aromatic rings. The fourth-order valence-corrected chi connectivity index (χ4v) is 2.89. The van der Waals surface area contributed by atoms with Gasteiger partial charge in [-0.1, -0.05) is 11.6 Å². The summed E-state index contributed by atoms with van der Waals surface area (Å²) in [5.41, 5.74) is 0.324. The van der Waals surface area contributed by atoms with Gasteiger partial charge < -0.3 is 19.0 Å². The van der Waals surface area contributed by atoms with Crippen molar-refractivity contribution in [3.63, 3.8) is 0 Å². The number of benzene rings is 1. The number of hydrogen-bond acceptors (Lipinski definition) is 5. The zero-order valence-electron chi connectivity index (χ0n) is 13.6. The van der Waals surface area contributed by atoms with Crippen LogP contribution in [-0.4, -0.2) is 37.7 Å². The second-order valence-corrected chi connectivity index (χ2v) is 6.14. The first kappa shape index (κ1) is 16.6. The molecule has 7 heteroatoms. The molecule has 0 bridgehead atoms. The first-order chi connectivity index (χ1) is 11.7. The molecule has 3 rings (SSSR count). The number of nitrogens with zero attached hydrogens (tertiary/aromatic N) is 3.